The number of fused-ring (bicyclic) bond motifs is 1. The molecule has 3 rings (SSSR count). The Morgan fingerprint density at radius 3 is 2.79 bits per heavy atom. The average molecular weight is 259 g/mol. The molecular weight excluding hydrogens is 241 g/mol. The van der Waals surface area contributed by atoms with Gasteiger partial charge in [-0.25, -0.2) is 4.39 Å². The van der Waals surface area contributed by atoms with E-state index in [0.29, 0.717) is 10.9 Å². The number of aromatic nitrogens is 1. The topological polar surface area (TPSA) is 32.9 Å². The number of rotatable bonds is 3. The van der Waals surface area contributed by atoms with Crippen LogP contribution in [0.15, 0.2) is 24.4 Å². The van der Waals surface area contributed by atoms with Crippen molar-refractivity contribution in [3.63, 3.8) is 0 Å². The van der Waals surface area contributed by atoms with Gasteiger partial charge in [0, 0.05) is 28.1 Å². The first kappa shape index (κ1) is 12.4. The van der Waals surface area contributed by atoms with Gasteiger partial charge in [0.05, 0.1) is 0 Å². The van der Waals surface area contributed by atoms with Gasteiger partial charge in [0.15, 0.2) is 5.78 Å². The highest BCUT2D eigenvalue weighted by molar-refractivity contribution is 6.10. The molecule has 1 aromatic heterocycles. The maximum absolute atomic E-state index is 13.4. The fraction of sp³-hybridized carbons (Fsp3) is 0.438. The van der Waals surface area contributed by atoms with Gasteiger partial charge in [-0.05, 0) is 37.5 Å². The quantitative estimate of drug-likeness (QED) is 0.811. The van der Waals surface area contributed by atoms with Crippen molar-refractivity contribution in [2.75, 3.05) is 0 Å². The van der Waals surface area contributed by atoms with Gasteiger partial charge in [0.25, 0.3) is 0 Å². The second-order valence-electron chi connectivity index (χ2n) is 5.56. The van der Waals surface area contributed by atoms with E-state index in [9.17, 15) is 9.18 Å². The summed E-state index contributed by atoms with van der Waals surface area (Å²) in [5.41, 5.74) is 1.26. The molecule has 0 amide bonds. The van der Waals surface area contributed by atoms with Crippen LogP contribution < -0.4 is 0 Å². The first-order valence-corrected chi connectivity index (χ1v) is 6.98. The predicted molar refractivity (Wildman–Crippen MR) is 73.8 cm³/mol. The number of benzene rings is 1. The second-order valence-corrected chi connectivity index (χ2v) is 5.56. The lowest BCUT2D eigenvalue weighted by Crippen LogP contribution is -2.27. The highest BCUT2D eigenvalue weighted by Gasteiger charge is 2.40. The summed E-state index contributed by atoms with van der Waals surface area (Å²) in [7, 11) is 0. The molecule has 1 aliphatic carbocycles. The Hall–Kier alpha value is -1.64. The third kappa shape index (κ3) is 1.88. The number of carbonyl (C=O) groups excluding carboxylic acids is 1. The summed E-state index contributed by atoms with van der Waals surface area (Å²) in [6, 6.07) is 4.56. The lowest BCUT2D eigenvalue weighted by atomic mass is 9.76. The van der Waals surface area contributed by atoms with Crippen LogP contribution in [0, 0.1) is 11.2 Å². The summed E-state index contributed by atoms with van der Waals surface area (Å²) in [5, 5.41) is 0.713. The summed E-state index contributed by atoms with van der Waals surface area (Å²) in [4.78, 5) is 15.9. The molecule has 3 heteroatoms. The molecule has 0 aliphatic heterocycles. The van der Waals surface area contributed by atoms with Crippen molar-refractivity contribution in [2.45, 2.75) is 39.0 Å². The number of Topliss-reactive ketones (excluding diaryl/α,β-unsaturated/α-hetero) is 1. The summed E-state index contributed by atoms with van der Waals surface area (Å²) >= 11 is 0. The zero-order valence-corrected chi connectivity index (χ0v) is 11.1. The minimum Gasteiger partial charge on any atom is -0.360 e. The SMILES string of the molecule is CCC1(C(=O)c2c[nH]c3ccc(F)cc23)CCCC1. The van der Waals surface area contributed by atoms with E-state index in [4.69, 9.17) is 0 Å². The Kier molecular flexibility index (Phi) is 2.92. The molecule has 1 fully saturated rings. The number of halogens is 1. The molecule has 2 aromatic rings. The highest BCUT2D eigenvalue weighted by Crippen LogP contribution is 2.44. The smallest absolute Gasteiger partial charge is 0.171 e. The number of H-pyrrole nitrogens is 1. The molecule has 1 N–H and O–H groups in total. The van der Waals surface area contributed by atoms with Crippen molar-refractivity contribution >= 4 is 16.7 Å². The van der Waals surface area contributed by atoms with Crippen molar-refractivity contribution < 1.29 is 9.18 Å². The molecule has 0 unspecified atom stereocenters. The maximum Gasteiger partial charge on any atom is 0.171 e. The van der Waals surface area contributed by atoms with Gasteiger partial charge in [-0.2, -0.15) is 0 Å². The van der Waals surface area contributed by atoms with Gasteiger partial charge in [0.2, 0.25) is 0 Å². The predicted octanol–water partition coefficient (Wildman–Crippen LogP) is 4.46. The standard InChI is InChI=1S/C16H18FNO/c1-2-16(7-3-4-8-16)15(19)13-10-18-14-6-5-11(17)9-12(13)14/h5-6,9-10,18H,2-4,7-8H2,1H3. The Labute approximate surface area is 112 Å². The molecule has 0 saturated heterocycles. The van der Waals surface area contributed by atoms with Crippen molar-refractivity contribution in [3.8, 4) is 0 Å². The third-order valence-corrected chi connectivity index (χ3v) is 4.61. The van der Waals surface area contributed by atoms with Gasteiger partial charge in [-0.3, -0.25) is 4.79 Å². The van der Waals surface area contributed by atoms with Gasteiger partial charge in [0.1, 0.15) is 5.82 Å². The molecule has 2 nitrogen and oxygen atoms in total. The van der Waals surface area contributed by atoms with E-state index < -0.39 is 0 Å². The van der Waals surface area contributed by atoms with Crippen molar-refractivity contribution in [1.29, 1.82) is 0 Å². The Morgan fingerprint density at radius 2 is 2.11 bits per heavy atom. The van der Waals surface area contributed by atoms with Crippen molar-refractivity contribution in [2.24, 2.45) is 5.41 Å². The van der Waals surface area contributed by atoms with Gasteiger partial charge >= 0.3 is 0 Å². The van der Waals surface area contributed by atoms with Crippen molar-refractivity contribution in [1.82, 2.24) is 4.98 Å². The number of aromatic amines is 1. The molecule has 19 heavy (non-hydrogen) atoms. The summed E-state index contributed by atoms with van der Waals surface area (Å²) in [5.74, 6) is -0.109. The van der Waals surface area contributed by atoms with E-state index in [1.54, 1.807) is 12.3 Å². The number of ketones is 1. The number of hydrogen-bond donors (Lipinski definition) is 1. The zero-order chi connectivity index (χ0) is 13.5. The van der Waals surface area contributed by atoms with Gasteiger partial charge in [-0.15, -0.1) is 0 Å². The van der Waals surface area contributed by atoms with E-state index in [-0.39, 0.29) is 17.0 Å². The summed E-state index contributed by atoms with van der Waals surface area (Å²) < 4.78 is 13.4. The average Bonchev–Trinajstić information content (AvgIpc) is 3.05. The monoisotopic (exact) mass is 259 g/mol. The van der Waals surface area contributed by atoms with Crippen LogP contribution in [-0.4, -0.2) is 10.8 Å². The van der Waals surface area contributed by atoms with E-state index in [2.05, 4.69) is 11.9 Å². The largest absolute Gasteiger partial charge is 0.360 e. The first-order chi connectivity index (χ1) is 9.16. The van der Waals surface area contributed by atoms with Gasteiger partial charge in [-0.1, -0.05) is 19.8 Å². The Balaban J connectivity index is 2.08. The van der Waals surface area contributed by atoms with E-state index >= 15 is 0 Å². The fourth-order valence-electron chi connectivity index (χ4n) is 3.36. The van der Waals surface area contributed by atoms with Gasteiger partial charge < -0.3 is 4.98 Å². The molecule has 1 heterocycles. The van der Waals surface area contributed by atoms with Crippen molar-refractivity contribution in [3.05, 3.63) is 35.8 Å². The van der Waals surface area contributed by atoms with Crippen LogP contribution in [0.5, 0.6) is 0 Å². The molecule has 0 bridgehead atoms. The molecule has 0 spiro atoms. The molecule has 0 atom stereocenters. The molecule has 1 aromatic carbocycles. The first-order valence-electron chi connectivity index (χ1n) is 6.98. The third-order valence-electron chi connectivity index (χ3n) is 4.61. The number of nitrogens with one attached hydrogen (secondary N) is 1. The maximum atomic E-state index is 13.4. The summed E-state index contributed by atoms with van der Waals surface area (Å²) in [6.45, 7) is 2.08. The van der Waals surface area contributed by atoms with Crippen LogP contribution in [0.25, 0.3) is 10.9 Å². The van der Waals surface area contributed by atoms with Crippen LogP contribution >= 0.6 is 0 Å². The van der Waals surface area contributed by atoms with E-state index in [1.807, 2.05) is 0 Å². The Morgan fingerprint density at radius 1 is 1.37 bits per heavy atom. The minimum absolute atomic E-state index is 0.185. The fourth-order valence-corrected chi connectivity index (χ4v) is 3.36. The number of carbonyl (C=O) groups is 1. The normalized spacial score (nSPS) is 18.0. The Bertz CT molecular complexity index is 623. The molecule has 1 saturated carbocycles. The van der Waals surface area contributed by atoms with Crippen LogP contribution in [0.4, 0.5) is 4.39 Å². The highest BCUT2D eigenvalue weighted by atomic mass is 19.1. The lowest BCUT2D eigenvalue weighted by Gasteiger charge is -2.25. The second kappa shape index (κ2) is 4.48. The summed E-state index contributed by atoms with van der Waals surface area (Å²) in [6.07, 6.45) is 6.78. The zero-order valence-electron chi connectivity index (χ0n) is 11.1. The minimum atomic E-state index is -0.293. The van der Waals surface area contributed by atoms with Crippen LogP contribution in [0.2, 0.25) is 0 Å². The van der Waals surface area contributed by atoms with E-state index in [0.717, 1.165) is 37.6 Å². The van der Waals surface area contributed by atoms with Crippen LogP contribution in [-0.2, 0) is 0 Å². The molecular formula is C16H18FNO. The van der Waals surface area contributed by atoms with E-state index in [1.165, 1.54) is 12.1 Å². The van der Waals surface area contributed by atoms with Crippen LogP contribution in [0.3, 0.4) is 0 Å². The molecule has 100 valence electrons. The molecule has 1 aliphatic rings. The molecule has 0 radical (unpaired) electrons. The lowest BCUT2D eigenvalue weighted by molar-refractivity contribution is 0.0793. The van der Waals surface area contributed by atoms with Crippen LogP contribution in [0.1, 0.15) is 49.4 Å². The number of hydrogen-bond acceptors (Lipinski definition) is 1.